The van der Waals surface area contributed by atoms with Crippen LogP contribution in [0.2, 0.25) is 0 Å². The molecule has 8 nitrogen and oxygen atoms in total. The van der Waals surface area contributed by atoms with Gasteiger partial charge in [0.05, 0.1) is 17.5 Å². The highest BCUT2D eigenvalue weighted by atomic mass is 16.3. The molecule has 0 unspecified atom stereocenters. The molecule has 1 saturated carbocycles. The van der Waals surface area contributed by atoms with Gasteiger partial charge in [-0.05, 0) is 48.9 Å². The fourth-order valence-electron chi connectivity index (χ4n) is 4.38. The van der Waals surface area contributed by atoms with Crippen molar-refractivity contribution in [1.29, 1.82) is 0 Å². The van der Waals surface area contributed by atoms with E-state index in [0.29, 0.717) is 17.9 Å². The molecule has 0 bridgehead atoms. The van der Waals surface area contributed by atoms with Gasteiger partial charge in [-0.2, -0.15) is 0 Å². The highest BCUT2D eigenvalue weighted by molar-refractivity contribution is 5.86. The first-order valence-electron chi connectivity index (χ1n) is 9.46. The van der Waals surface area contributed by atoms with Gasteiger partial charge in [0.1, 0.15) is 29.5 Å². The molecule has 4 aromatic rings. The minimum atomic E-state index is -0.841. The summed E-state index contributed by atoms with van der Waals surface area (Å²) in [5.74, 6) is 0.426. The van der Waals surface area contributed by atoms with E-state index in [1.54, 1.807) is 6.20 Å². The lowest BCUT2D eigenvalue weighted by Crippen LogP contribution is -2.29. The SMILES string of the molecule is Nc1ncnc2c1ccn2[C@@H]1C[C@H](CCc2ccn3ccnc3c2)[C@@H](O)[C@H]1O. The lowest BCUT2D eigenvalue weighted by atomic mass is 9.96. The second kappa shape index (κ2) is 6.57. The Kier molecular flexibility index (Phi) is 4.03. The van der Waals surface area contributed by atoms with Crippen molar-refractivity contribution < 1.29 is 10.2 Å². The van der Waals surface area contributed by atoms with Gasteiger partial charge >= 0.3 is 0 Å². The molecule has 144 valence electrons. The van der Waals surface area contributed by atoms with Crippen molar-refractivity contribution in [3.63, 3.8) is 0 Å². The van der Waals surface area contributed by atoms with E-state index >= 15 is 0 Å². The monoisotopic (exact) mass is 378 g/mol. The van der Waals surface area contributed by atoms with Gasteiger partial charge in [0.15, 0.2) is 0 Å². The molecule has 4 atom stereocenters. The summed E-state index contributed by atoms with van der Waals surface area (Å²) in [6, 6.07) is 5.76. The van der Waals surface area contributed by atoms with Crippen LogP contribution in [0.4, 0.5) is 5.82 Å². The van der Waals surface area contributed by atoms with Crippen LogP contribution in [0, 0.1) is 5.92 Å². The van der Waals surface area contributed by atoms with Crippen LogP contribution in [0.15, 0.2) is 49.3 Å². The van der Waals surface area contributed by atoms with Crippen LogP contribution in [0.3, 0.4) is 0 Å². The lowest BCUT2D eigenvalue weighted by Gasteiger charge is -2.19. The van der Waals surface area contributed by atoms with E-state index < -0.39 is 12.2 Å². The molecule has 1 aliphatic rings. The van der Waals surface area contributed by atoms with Crippen molar-refractivity contribution in [2.45, 2.75) is 37.5 Å². The van der Waals surface area contributed by atoms with Crippen molar-refractivity contribution in [1.82, 2.24) is 23.9 Å². The zero-order chi connectivity index (χ0) is 19.3. The van der Waals surface area contributed by atoms with Gasteiger partial charge in [-0.1, -0.05) is 0 Å². The minimum Gasteiger partial charge on any atom is -0.390 e. The summed E-state index contributed by atoms with van der Waals surface area (Å²) in [5, 5.41) is 22.1. The molecule has 0 amide bonds. The van der Waals surface area contributed by atoms with E-state index in [4.69, 9.17) is 5.73 Å². The molecule has 0 spiro atoms. The van der Waals surface area contributed by atoms with E-state index in [-0.39, 0.29) is 12.0 Å². The fourth-order valence-corrected chi connectivity index (χ4v) is 4.38. The summed E-state index contributed by atoms with van der Waals surface area (Å²) in [4.78, 5) is 12.6. The van der Waals surface area contributed by atoms with Gasteiger partial charge in [0.25, 0.3) is 0 Å². The van der Waals surface area contributed by atoms with Crippen molar-refractivity contribution >= 4 is 22.5 Å². The fraction of sp³-hybridized carbons (Fsp3) is 0.350. The summed E-state index contributed by atoms with van der Waals surface area (Å²) in [6.07, 6.45) is 9.67. The van der Waals surface area contributed by atoms with Crippen molar-refractivity contribution in [2.24, 2.45) is 5.92 Å². The van der Waals surface area contributed by atoms with Gasteiger partial charge in [-0.25, -0.2) is 15.0 Å². The topological polar surface area (TPSA) is 114 Å². The van der Waals surface area contributed by atoms with Gasteiger partial charge in [-0.3, -0.25) is 0 Å². The van der Waals surface area contributed by atoms with Gasteiger partial charge in [0, 0.05) is 24.8 Å². The minimum absolute atomic E-state index is 0.00704. The van der Waals surface area contributed by atoms with Crippen LogP contribution in [-0.4, -0.2) is 46.3 Å². The van der Waals surface area contributed by atoms with E-state index in [9.17, 15) is 10.2 Å². The standard InChI is InChI=1S/C20H22N6O2/c21-19-14-4-7-26(20(14)24-11-23-19)15-10-13(17(27)18(15)28)2-1-12-3-6-25-8-5-22-16(25)9-12/h3-9,11,13,15,17-18,27-28H,1-2,10H2,(H2,21,23,24)/t13-,15+,17+,18-/m0/s1. The molecule has 28 heavy (non-hydrogen) atoms. The number of aryl methyl sites for hydroxylation is 1. The molecular formula is C20H22N6O2. The molecule has 4 N–H and O–H groups in total. The summed E-state index contributed by atoms with van der Waals surface area (Å²) in [6.45, 7) is 0. The van der Waals surface area contributed by atoms with E-state index in [0.717, 1.165) is 23.9 Å². The van der Waals surface area contributed by atoms with Gasteiger partial charge in [-0.15, -0.1) is 0 Å². The smallest absolute Gasteiger partial charge is 0.145 e. The maximum Gasteiger partial charge on any atom is 0.145 e. The first-order chi connectivity index (χ1) is 13.6. The van der Waals surface area contributed by atoms with E-state index in [1.807, 2.05) is 33.6 Å². The van der Waals surface area contributed by atoms with Crippen LogP contribution in [0.1, 0.15) is 24.4 Å². The molecule has 0 aromatic carbocycles. The van der Waals surface area contributed by atoms with Crippen molar-refractivity contribution in [3.8, 4) is 0 Å². The molecule has 0 aliphatic heterocycles. The number of hydrogen-bond acceptors (Lipinski definition) is 6. The van der Waals surface area contributed by atoms with Crippen LogP contribution in [0.5, 0.6) is 0 Å². The van der Waals surface area contributed by atoms with E-state index in [1.165, 1.54) is 11.9 Å². The second-order valence-electron chi connectivity index (χ2n) is 7.53. The number of anilines is 1. The number of aliphatic hydroxyl groups excluding tert-OH is 2. The number of nitrogens with two attached hydrogens (primary N) is 1. The molecule has 0 saturated heterocycles. The highest BCUT2D eigenvalue weighted by Crippen LogP contribution is 2.39. The largest absolute Gasteiger partial charge is 0.390 e. The first kappa shape index (κ1) is 17.2. The zero-order valence-electron chi connectivity index (χ0n) is 15.3. The lowest BCUT2D eigenvalue weighted by molar-refractivity contribution is 0.00545. The Morgan fingerprint density at radius 1 is 1.07 bits per heavy atom. The molecule has 4 heterocycles. The number of nitrogen functional groups attached to an aromatic ring is 1. The zero-order valence-corrected chi connectivity index (χ0v) is 15.3. The highest BCUT2D eigenvalue weighted by Gasteiger charge is 2.42. The van der Waals surface area contributed by atoms with Crippen molar-refractivity contribution in [2.75, 3.05) is 5.73 Å². The maximum absolute atomic E-state index is 10.7. The molecule has 5 rings (SSSR count). The molecule has 8 heteroatoms. The second-order valence-corrected chi connectivity index (χ2v) is 7.53. The number of rotatable bonds is 4. The third-order valence-corrected chi connectivity index (χ3v) is 5.93. The number of pyridine rings is 1. The Hall–Kier alpha value is -2.97. The van der Waals surface area contributed by atoms with Crippen LogP contribution in [0.25, 0.3) is 16.7 Å². The number of nitrogens with zero attached hydrogens (tertiary/aromatic N) is 5. The number of aromatic nitrogens is 5. The van der Waals surface area contributed by atoms with Crippen LogP contribution in [-0.2, 0) is 6.42 Å². The average molecular weight is 378 g/mol. The summed E-state index contributed by atoms with van der Waals surface area (Å²) in [5.41, 5.74) is 8.70. The first-order valence-corrected chi connectivity index (χ1v) is 9.46. The molecule has 1 aliphatic carbocycles. The molecule has 4 aromatic heterocycles. The van der Waals surface area contributed by atoms with Crippen molar-refractivity contribution in [3.05, 3.63) is 54.9 Å². The Morgan fingerprint density at radius 2 is 1.96 bits per heavy atom. The maximum atomic E-state index is 10.7. The molecule has 1 fully saturated rings. The van der Waals surface area contributed by atoms with Gasteiger partial charge < -0.3 is 24.9 Å². The molecular weight excluding hydrogens is 356 g/mol. The Balaban J connectivity index is 1.35. The summed E-state index contributed by atoms with van der Waals surface area (Å²) in [7, 11) is 0. The third kappa shape index (κ3) is 2.73. The Bertz CT molecular complexity index is 1140. The predicted molar refractivity (Wildman–Crippen MR) is 105 cm³/mol. The summed E-state index contributed by atoms with van der Waals surface area (Å²) >= 11 is 0. The number of fused-ring (bicyclic) bond motifs is 2. The third-order valence-electron chi connectivity index (χ3n) is 5.93. The molecule has 0 radical (unpaired) electrons. The number of imidazole rings is 1. The summed E-state index contributed by atoms with van der Waals surface area (Å²) < 4.78 is 3.89. The van der Waals surface area contributed by atoms with E-state index in [2.05, 4.69) is 27.1 Å². The number of hydrogen-bond donors (Lipinski definition) is 3. The Labute approximate surface area is 161 Å². The number of aliphatic hydroxyl groups is 2. The van der Waals surface area contributed by atoms with Crippen LogP contribution >= 0.6 is 0 Å². The average Bonchev–Trinajstić information content (AvgIpc) is 3.40. The van der Waals surface area contributed by atoms with Crippen LogP contribution < -0.4 is 5.73 Å². The Morgan fingerprint density at radius 3 is 2.86 bits per heavy atom. The normalized spacial score (nSPS) is 25.1. The quantitative estimate of drug-likeness (QED) is 0.497. The van der Waals surface area contributed by atoms with Gasteiger partial charge in [0.2, 0.25) is 0 Å². The predicted octanol–water partition coefficient (Wildman–Crippen LogP) is 1.58.